The number of aromatic nitrogens is 1. The monoisotopic (exact) mass is 371 g/mol. The second-order valence-electron chi connectivity index (χ2n) is 5.86. The molecule has 0 amide bonds. The van der Waals surface area contributed by atoms with Gasteiger partial charge in [-0.15, -0.1) is 0 Å². The molecule has 27 heavy (non-hydrogen) atoms. The summed E-state index contributed by atoms with van der Waals surface area (Å²) in [6, 6.07) is 12.8. The lowest BCUT2D eigenvalue weighted by Crippen LogP contribution is -1.96. The average Bonchev–Trinajstić information content (AvgIpc) is 3.05. The number of aromatic hydroxyl groups is 1. The molecule has 4 aromatic rings. The van der Waals surface area contributed by atoms with Crippen LogP contribution in [0.4, 0.5) is 13.2 Å². The molecule has 0 fully saturated rings. The minimum atomic E-state index is -1.23. The standard InChI is InChI=1S/C20H12F3NO3/c21-16-9-18(23)17(22)8-15(16)11-4-6-13(7-5-11)26-10-12-2-1-3-14-19(12)27-24-20(14)25/h1-9H,10H2,(H,24,25). The van der Waals surface area contributed by atoms with Gasteiger partial charge in [-0.05, 0) is 35.0 Å². The van der Waals surface area contributed by atoms with Gasteiger partial charge in [0.1, 0.15) is 18.2 Å². The highest BCUT2D eigenvalue weighted by molar-refractivity contribution is 5.84. The Morgan fingerprint density at radius 1 is 0.926 bits per heavy atom. The van der Waals surface area contributed by atoms with E-state index in [1.165, 1.54) is 0 Å². The number of ether oxygens (including phenoxy) is 1. The Balaban J connectivity index is 1.54. The van der Waals surface area contributed by atoms with Crippen molar-refractivity contribution in [2.45, 2.75) is 6.61 Å². The second-order valence-corrected chi connectivity index (χ2v) is 5.86. The largest absolute Gasteiger partial charge is 0.491 e. The minimum absolute atomic E-state index is 0.0395. The molecule has 0 spiro atoms. The molecule has 4 nitrogen and oxygen atoms in total. The highest BCUT2D eigenvalue weighted by atomic mass is 19.2. The predicted octanol–water partition coefficient (Wildman–Crippen LogP) is 5.20. The van der Waals surface area contributed by atoms with Crippen molar-refractivity contribution >= 4 is 11.0 Å². The third-order valence-electron chi connectivity index (χ3n) is 4.13. The summed E-state index contributed by atoms with van der Waals surface area (Å²) in [6.07, 6.45) is 0. The fourth-order valence-electron chi connectivity index (χ4n) is 2.76. The van der Waals surface area contributed by atoms with Gasteiger partial charge in [0.05, 0.1) is 5.39 Å². The Morgan fingerprint density at radius 2 is 1.67 bits per heavy atom. The Morgan fingerprint density at radius 3 is 2.44 bits per heavy atom. The molecular formula is C20H12F3NO3. The molecular weight excluding hydrogens is 359 g/mol. The first-order chi connectivity index (χ1) is 13.0. The van der Waals surface area contributed by atoms with Gasteiger partial charge in [-0.3, -0.25) is 0 Å². The fourth-order valence-corrected chi connectivity index (χ4v) is 2.76. The van der Waals surface area contributed by atoms with Crippen molar-refractivity contribution in [3.63, 3.8) is 0 Å². The summed E-state index contributed by atoms with van der Waals surface area (Å²) < 4.78 is 51.0. The quantitative estimate of drug-likeness (QED) is 0.501. The van der Waals surface area contributed by atoms with Gasteiger partial charge in [-0.25, -0.2) is 13.2 Å². The summed E-state index contributed by atoms with van der Waals surface area (Å²) >= 11 is 0. The van der Waals surface area contributed by atoms with Gasteiger partial charge in [0.15, 0.2) is 17.2 Å². The highest BCUT2D eigenvalue weighted by Gasteiger charge is 2.13. The fraction of sp³-hybridized carbons (Fsp3) is 0.0500. The van der Waals surface area contributed by atoms with Gasteiger partial charge >= 0.3 is 0 Å². The highest BCUT2D eigenvalue weighted by Crippen LogP contribution is 2.29. The van der Waals surface area contributed by atoms with Gasteiger partial charge in [0, 0.05) is 17.2 Å². The molecule has 1 heterocycles. The lowest BCUT2D eigenvalue weighted by molar-refractivity contribution is 0.303. The van der Waals surface area contributed by atoms with E-state index in [0.717, 1.165) is 6.07 Å². The van der Waals surface area contributed by atoms with E-state index in [1.807, 2.05) is 0 Å². The maximum atomic E-state index is 13.9. The zero-order valence-corrected chi connectivity index (χ0v) is 13.7. The van der Waals surface area contributed by atoms with Crippen LogP contribution in [-0.2, 0) is 6.61 Å². The van der Waals surface area contributed by atoms with Crippen molar-refractivity contribution in [1.82, 2.24) is 5.16 Å². The van der Waals surface area contributed by atoms with E-state index in [9.17, 15) is 18.3 Å². The Bertz CT molecular complexity index is 1120. The minimum Gasteiger partial charge on any atom is -0.491 e. The SMILES string of the molecule is Oc1noc2c(COc3ccc(-c4cc(F)c(F)cc4F)cc3)cccc12. The van der Waals surface area contributed by atoms with Gasteiger partial charge in [0.25, 0.3) is 5.88 Å². The van der Waals surface area contributed by atoms with Crippen molar-refractivity contribution < 1.29 is 27.5 Å². The lowest BCUT2D eigenvalue weighted by atomic mass is 10.0. The molecule has 4 rings (SSSR count). The maximum Gasteiger partial charge on any atom is 0.259 e. The van der Waals surface area contributed by atoms with E-state index in [1.54, 1.807) is 42.5 Å². The molecule has 0 atom stereocenters. The first-order valence-electron chi connectivity index (χ1n) is 7.97. The maximum absolute atomic E-state index is 13.9. The van der Waals surface area contributed by atoms with Crippen LogP contribution in [0.25, 0.3) is 22.1 Å². The van der Waals surface area contributed by atoms with E-state index in [-0.39, 0.29) is 18.1 Å². The van der Waals surface area contributed by atoms with Crippen molar-refractivity contribution in [3.8, 4) is 22.8 Å². The third kappa shape index (κ3) is 3.19. The number of rotatable bonds is 4. The van der Waals surface area contributed by atoms with Crippen molar-refractivity contribution in [3.05, 3.63) is 77.6 Å². The van der Waals surface area contributed by atoms with Crippen LogP contribution in [0.1, 0.15) is 5.56 Å². The molecule has 0 aliphatic heterocycles. The summed E-state index contributed by atoms with van der Waals surface area (Å²) in [5.41, 5.74) is 1.47. The number of nitrogens with zero attached hydrogens (tertiary/aromatic N) is 1. The summed E-state index contributed by atoms with van der Waals surface area (Å²) in [4.78, 5) is 0. The van der Waals surface area contributed by atoms with Crippen LogP contribution in [0.5, 0.6) is 11.6 Å². The van der Waals surface area contributed by atoms with Crippen molar-refractivity contribution in [2.75, 3.05) is 0 Å². The van der Waals surface area contributed by atoms with E-state index >= 15 is 0 Å². The number of fused-ring (bicyclic) bond motifs is 1. The van der Waals surface area contributed by atoms with Crippen LogP contribution in [0.15, 0.2) is 59.1 Å². The van der Waals surface area contributed by atoms with Gasteiger partial charge in [0.2, 0.25) is 0 Å². The topological polar surface area (TPSA) is 55.5 Å². The van der Waals surface area contributed by atoms with E-state index in [2.05, 4.69) is 5.16 Å². The summed E-state index contributed by atoms with van der Waals surface area (Å²) in [7, 11) is 0. The smallest absolute Gasteiger partial charge is 0.259 e. The first kappa shape index (κ1) is 17.0. The summed E-state index contributed by atoms with van der Waals surface area (Å²) in [5.74, 6) is -2.90. The van der Waals surface area contributed by atoms with E-state index in [4.69, 9.17) is 9.26 Å². The van der Waals surface area contributed by atoms with Gasteiger partial charge in [-0.2, -0.15) is 0 Å². The summed E-state index contributed by atoms with van der Waals surface area (Å²) in [6.45, 7) is 0.158. The van der Waals surface area contributed by atoms with Gasteiger partial charge in [-0.1, -0.05) is 24.3 Å². The first-order valence-corrected chi connectivity index (χ1v) is 7.97. The number of halogens is 3. The van der Waals surface area contributed by atoms with Gasteiger partial charge < -0.3 is 14.4 Å². The molecule has 0 aliphatic rings. The lowest BCUT2D eigenvalue weighted by Gasteiger charge is -2.09. The number of hydrogen-bond acceptors (Lipinski definition) is 4. The molecule has 136 valence electrons. The number of hydrogen-bond donors (Lipinski definition) is 1. The zero-order chi connectivity index (χ0) is 19.0. The van der Waals surface area contributed by atoms with Crippen LogP contribution in [-0.4, -0.2) is 10.3 Å². The van der Waals surface area contributed by atoms with Crippen LogP contribution in [0.2, 0.25) is 0 Å². The Hall–Kier alpha value is -3.48. The Labute approximate surface area is 151 Å². The van der Waals surface area contributed by atoms with Crippen LogP contribution < -0.4 is 4.74 Å². The third-order valence-corrected chi connectivity index (χ3v) is 4.13. The average molecular weight is 371 g/mol. The molecule has 0 radical (unpaired) electrons. The Kier molecular flexibility index (Phi) is 4.19. The van der Waals surface area contributed by atoms with Crippen LogP contribution in [0.3, 0.4) is 0 Å². The summed E-state index contributed by atoms with van der Waals surface area (Å²) in [5, 5.41) is 13.6. The number of benzene rings is 3. The molecule has 0 aliphatic carbocycles. The molecule has 0 bridgehead atoms. The second kappa shape index (κ2) is 6.68. The molecule has 0 saturated heterocycles. The number of para-hydroxylation sites is 1. The molecule has 3 aromatic carbocycles. The molecule has 0 saturated carbocycles. The normalized spacial score (nSPS) is 11.1. The van der Waals surface area contributed by atoms with E-state index < -0.39 is 17.5 Å². The van der Waals surface area contributed by atoms with Crippen molar-refractivity contribution in [2.24, 2.45) is 0 Å². The van der Waals surface area contributed by atoms with Crippen LogP contribution >= 0.6 is 0 Å². The zero-order valence-electron chi connectivity index (χ0n) is 13.7. The molecule has 1 aromatic heterocycles. The predicted molar refractivity (Wildman–Crippen MR) is 91.8 cm³/mol. The van der Waals surface area contributed by atoms with Crippen molar-refractivity contribution in [1.29, 1.82) is 0 Å². The van der Waals surface area contributed by atoms with Crippen LogP contribution in [0, 0.1) is 17.5 Å². The molecule has 1 N–H and O–H groups in total. The van der Waals surface area contributed by atoms with E-state index in [0.29, 0.717) is 33.9 Å². The molecule has 0 unspecified atom stereocenters. The molecule has 7 heteroatoms.